The number of hydrogen-bond donors (Lipinski definition) is 1. The van der Waals surface area contributed by atoms with Gasteiger partial charge in [0.25, 0.3) is 0 Å². The summed E-state index contributed by atoms with van der Waals surface area (Å²) in [7, 11) is 0. The van der Waals surface area contributed by atoms with Crippen LogP contribution in [0.15, 0.2) is 41.5 Å². The normalized spacial score (nSPS) is 11.0. The minimum absolute atomic E-state index is 0.203. The molecular formula is C12H7ClIN3O. The van der Waals surface area contributed by atoms with Gasteiger partial charge >= 0.3 is 5.69 Å². The van der Waals surface area contributed by atoms with Crippen molar-refractivity contribution in [3.8, 4) is 11.3 Å². The lowest BCUT2D eigenvalue weighted by atomic mass is 10.2. The smallest absolute Gasteiger partial charge is 0.313 e. The van der Waals surface area contributed by atoms with Crippen LogP contribution in [0.3, 0.4) is 0 Å². The quantitative estimate of drug-likeness (QED) is 0.669. The van der Waals surface area contributed by atoms with Crippen LogP contribution in [0.4, 0.5) is 0 Å². The van der Waals surface area contributed by atoms with E-state index < -0.39 is 0 Å². The molecule has 0 unspecified atom stereocenters. The Labute approximate surface area is 121 Å². The van der Waals surface area contributed by atoms with Gasteiger partial charge in [0.05, 0.1) is 9.26 Å². The predicted molar refractivity (Wildman–Crippen MR) is 79.0 cm³/mol. The van der Waals surface area contributed by atoms with Crippen LogP contribution in [0.2, 0.25) is 5.02 Å². The SMILES string of the molecule is O=c1[nH]cc(I)c2nc(-c3cccc(Cl)c3)cn12. The fraction of sp³-hybridized carbons (Fsp3) is 0. The van der Waals surface area contributed by atoms with Gasteiger partial charge in [-0.3, -0.25) is 0 Å². The number of hydrogen-bond acceptors (Lipinski definition) is 2. The first kappa shape index (κ1) is 11.7. The van der Waals surface area contributed by atoms with Crippen LogP contribution >= 0.6 is 34.2 Å². The molecule has 1 aromatic carbocycles. The first-order chi connectivity index (χ1) is 8.65. The summed E-state index contributed by atoms with van der Waals surface area (Å²) >= 11 is 8.09. The van der Waals surface area contributed by atoms with Gasteiger partial charge in [0.15, 0.2) is 5.65 Å². The Hall–Kier alpha value is -1.34. The Morgan fingerprint density at radius 1 is 1.39 bits per heavy atom. The third kappa shape index (κ3) is 1.93. The Morgan fingerprint density at radius 3 is 2.94 bits per heavy atom. The number of aromatic nitrogens is 3. The van der Waals surface area contributed by atoms with E-state index in [4.69, 9.17) is 11.6 Å². The Kier molecular flexibility index (Phi) is 2.87. The van der Waals surface area contributed by atoms with Crippen molar-refractivity contribution in [2.75, 3.05) is 0 Å². The van der Waals surface area contributed by atoms with Gasteiger partial charge in [0.2, 0.25) is 0 Å². The molecule has 0 aliphatic rings. The molecule has 0 fully saturated rings. The molecule has 3 aromatic rings. The minimum Gasteiger partial charge on any atom is -0.313 e. The average molecular weight is 372 g/mol. The number of nitrogens with zero attached hydrogens (tertiary/aromatic N) is 2. The lowest BCUT2D eigenvalue weighted by Crippen LogP contribution is -2.15. The first-order valence-electron chi connectivity index (χ1n) is 5.17. The second-order valence-electron chi connectivity index (χ2n) is 3.77. The maximum atomic E-state index is 11.7. The van der Waals surface area contributed by atoms with Crippen LogP contribution in [0.1, 0.15) is 0 Å². The number of H-pyrrole nitrogens is 1. The van der Waals surface area contributed by atoms with Crippen LogP contribution < -0.4 is 5.69 Å². The third-order valence-electron chi connectivity index (χ3n) is 2.58. The fourth-order valence-corrected chi connectivity index (χ4v) is 2.48. The second kappa shape index (κ2) is 4.40. The van der Waals surface area contributed by atoms with Crippen molar-refractivity contribution in [2.24, 2.45) is 0 Å². The molecule has 0 aliphatic heterocycles. The van der Waals surface area contributed by atoms with Gasteiger partial charge < -0.3 is 4.98 Å². The number of benzene rings is 1. The van der Waals surface area contributed by atoms with E-state index in [-0.39, 0.29) is 5.69 Å². The maximum absolute atomic E-state index is 11.7. The Morgan fingerprint density at radius 2 is 2.22 bits per heavy atom. The number of aromatic amines is 1. The number of imidazole rings is 1. The first-order valence-corrected chi connectivity index (χ1v) is 6.63. The van der Waals surface area contributed by atoms with Gasteiger partial charge in [0.1, 0.15) is 0 Å². The molecule has 0 atom stereocenters. The van der Waals surface area contributed by atoms with Crippen molar-refractivity contribution in [1.82, 2.24) is 14.4 Å². The fourth-order valence-electron chi connectivity index (χ4n) is 1.75. The van der Waals surface area contributed by atoms with Crippen molar-refractivity contribution >= 4 is 39.8 Å². The lowest BCUT2D eigenvalue weighted by Gasteiger charge is -1.95. The molecule has 4 nitrogen and oxygen atoms in total. The highest BCUT2D eigenvalue weighted by atomic mass is 127. The molecule has 0 saturated carbocycles. The summed E-state index contributed by atoms with van der Waals surface area (Å²) in [5.41, 5.74) is 2.06. The zero-order valence-electron chi connectivity index (χ0n) is 9.02. The molecule has 0 radical (unpaired) electrons. The van der Waals surface area contributed by atoms with E-state index in [1.54, 1.807) is 18.5 Å². The minimum atomic E-state index is -0.203. The molecule has 0 saturated heterocycles. The van der Waals surface area contributed by atoms with E-state index in [2.05, 4.69) is 32.6 Å². The standard InChI is InChI=1S/C12H7ClIN3O/c13-8-3-1-2-7(4-8)10-6-17-11(16-10)9(14)5-15-12(17)18/h1-6H,(H,15,18). The van der Waals surface area contributed by atoms with Crippen LogP contribution in [0.25, 0.3) is 16.9 Å². The van der Waals surface area contributed by atoms with Crippen LogP contribution in [-0.4, -0.2) is 14.4 Å². The molecule has 18 heavy (non-hydrogen) atoms. The summed E-state index contributed by atoms with van der Waals surface area (Å²) in [4.78, 5) is 18.8. The summed E-state index contributed by atoms with van der Waals surface area (Å²) in [6.07, 6.45) is 3.36. The van der Waals surface area contributed by atoms with Crippen LogP contribution in [-0.2, 0) is 0 Å². The van der Waals surface area contributed by atoms with Crippen molar-refractivity contribution in [3.63, 3.8) is 0 Å². The molecular weight excluding hydrogens is 365 g/mol. The van der Waals surface area contributed by atoms with Crippen molar-refractivity contribution < 1.29 is 0 Å². The topological polar surface area (TPSA) is 50.2 Å². The Balaban J connectivity index is 2.29. The third-order valence-corrected chi connectivity index (χ3v) is 3.61. The molecule has 2 heterocycles. The number of fused-ring (bicyclic) bond motifs is 1. The molecule has 2 aromatic heterocycles. The monoisotopic (exact) mass is 371 g/mol. The second-order valence-corrected chi connectivity index (χ2v) is 5.37. The summed E-state index contributed by atoms with van der Waals surface area (Å²) in [5.74, 6) is 0. The molecule has 0 spiro atoms. The van der Waals surface area contributed by atoms with Crippen molar-refractivity contribution in [3.05, 3.63) is 55.7 Å². The van der Waals surface area contributed by atoms with E-state index in [1.807, 2.05) is 18.2 Å². The highest BCUT2D eigenvalue weighted by molar-refractivity contribution is 14.1. The molecule has 3 rings (SSSR count). The van der Waals surface area contributed by atoms with E-state index in [0.717, 1.165) is 14.8 Å². The lowest BCUT2D eigenvalue weighted by molar-refractivity contribution is 0.995. The van der Waals surface area contributed by atoms with Gasteiger partial charge in [-0.2, -0.15) is 0 Å². The van der Waals surface area contributed by atoms with Crippen molar-refractivity contribution in [1.29, 1.82) is 0 Å². The van der Waals surface area contributed by atoms with Gasteiger partial charge in [-0.05, 0) is 34.7 Å². The molecule has 0 aliphatic carbocycles. The van der Waals surface area contributed by atoms with E-state index >= 15 is 0 Å². The molecule has 0 bridgehead atoms. The molecule has 90 valence electrons. The molecule has 0 amide bonds. The van der Waals surface area contributed by atoms with E-state index in [0.29, 0.717) is 10.7 Å². The highest BCUT2D eigenvalue weighted by Gasteiger charge is 2.09. The zero-order valence-corrected chi connectivity index (χ0v) is 11.9. The van der Waals surface area contributed by atoms with E-state index in [1.165, 1.54) is 4.40 Å². The van der Waals surface area contributed by atoms with Crippen LogP contribution in [0.5, 0.6) is 0 Å². The van der Waals surface area contributed by atoms with Gasteiger partial charge in [-0.1, -0.05) is 23.7 Å². The summed E-state index contributed by atoms with van der Waals surface area (Å²) in [6, 6.07) is 7.40. The predicted octanol–water partition coefficient (Wildman–Crippen LogP) is 2.95. The summed E-state index contributed by atoms with van der Waals surface area (Å²) in [6.45, 7) is 0. The average Bonchev–Trinajstić information content (AvgIpc) is 2.80. The number of rotatable bonds is 1. The maximum Gasteiger partial charge on any atom is 0.331 e. The zero-order chi connectivity index (χ0) is 12.7. The van der Waals surface area contributed by atoms with Gasteiger partial charge in [-0.15, -0.1) is 0 Å². The summed E-state index contributed by atoms with van der Waals surface area (Å²) < 4.78 is 2.39. The van der Waals surface area contributed by atoms with Crippen molar-refractivity contribution in [2.45, 2.75) is 0 Å². The molecule has 6 heteroatoms. The van der Waals surface area contributed by atoms with Gasteiger partial charge in [-0.25, -0.2) is 14.2 Å². The Bertz CT molecular complexity index is 793. The van der Waals surface area contributed by atoms with E-state index in [9.17, 15) is 4.79 Å². The van der Waals surface area contributed by atoms with Gasteiger partial charge in [0, 0.05) is 23.0 Å². The summed E-state index contributed by atoms with van der Waals surface area (Å²) in [5, 5.41) is 0.646. The number of nitrogens with one attached hydrogen (secondary N) is 1. The highest BCUT2D eigenvalue weighted by Crippen LogP contribution is 2.22. The number of halogens is 2. The van der Waals surface area contributed by atoms with Crippen LogP contribution in [0, 0.1) is 3.57 Å². The largest absolute Gasteiger partial charge is 0.331 e. The molecule has 1 N–H and O–H groups in total.